The maximum absolute atomic E-state index is 11.7. The molecule has 0 aliphatic carbocycles. The minimum absolute atomic E-state index is 0.105. The van der Waals surface area contributed by atoms with Crippen molar-refractivity contribution in [3.8, 4) is 5.75 Å². The van der Waals surface area contributed by atoms with Crippen molar-refractivity contribution in [2.45, 2.75) is 6.10 Å². The normalized spacial score (nSPS) is 11.8. The Morgan fingerprint density at radius 2 is 2.21 bits per heavy atom. The molecule has 0 saturated heterocycles. The molecule has 0 aliphatic rings. The number of hydrogen-bond donors (Lipinski definition) is 2. The number of nitrogens with one attached hydrogen (secondary N) is 1. The zero-order chi connectivity index (χ0) is 14.4. The van der Waals surface area contributed by atoms with Gasteiger partial charge in [-0.15, -0.1) is 11.6 Å². The van der Waals surface area contributed by atoms with Crippen LogP contribution in [0, 0.1) is 0 Å². The first-order valence-electron chi connectivity index (χ1n) is 5.47. The molecule has 0 bridgehead atoms. The highest BCUT2D eigenvalue weighted by Crippen LogP contribution is 2.32. The lowest BCUT2D eigenvalue weighted by Crippen LogP contribution is -2.22. The number of rotatable bonds is 6. The van der Waals surface area contributed by atoms with Gasteiger partial charge in [0.2, 0.25) is 0 Å². The van der Waals surface area contributed by atoms with E-state index >= 15 is 0 Å². The number of halogens is 2. The van der Waals surface area contributed by atoms with Crippen LogP contribution in [-0.4, -0.2) is 43.8 Å². The SMILES string of the molecule is COC(=O)c1cc(OC)cc(Br)c1NCC(O)CCl. The number of anilines is 1. The molecular weight excluding hydrogens is 337 g/mol. The number of methoxy groups -OCH3 is 2. The molecule has 0 heterocycles. The van der Waals surface area contributed by atoms with Gasteiger partial charge in [-0.05, 0) is 28.1 Å². The third-order valence-electron chi connectivity index (χ3n) is 2.40. The van der Waals surface area contributed by atoms with Crippen LogP contribution in [0.5, 0.6) is 5.75 Å². The van der Waals surface area contributed by atoms with E-state index in [-0.39, 0.29) is 12.4 Å². The second-order valence-electron chi connectivity index (χ2n) is 3.71. The van der Waals surface area contributed by atoms with Crippen LogP contribution < -0.4 is 10.1 Å². The van der Waals surface area contributed by atoms with Crippen molar-refractivity contribution in [1.29, 1.82) is 0 Å². The molecule has 0 fully saturated rings. The molecule has 1 atom stereocenters. The van der Waals surface area contributed by atoms with E-state index in [0.29, 0.717) is 21.5 Å². The van der Waals surface area contributed by atoms with E-state index in [1.807, 2.05) is 0 Å². The van der Waals surface area contributed by atoms with Crippen molar-refractivity contribution in [1.82, 2.24) is 0 Å². The van der Waals surface area contributed by atoms with Crippen LogP contribution in [0.4, 0.5) is 5.69 Å². The molecule has 0 amide bonds. The summed E-state index contributed by atoms with van der Waals surface area (Å²) >= 11 is 8.87. The van der Waals surface area contributed by atoms with Crippen molar-refractivity contribution >= 4 is 39.2 Å². The molecule has 0 aromatic heterocycles. The molecule has 0 radical (unpaired) electrons. The highest BCUT2D eigenvalue weighted by molar-refractivity contribution is 9.10. The summed E-state index contributed by atoms with van der Waals surface area (Å²) in [6.45, 7) is 0.221. The summed E-state index contributed by atoms with van der Waals surface area (Å²) in [6.07, 6.45) is -0.707. The Morgan fingerprint density at radius 1 is 1.53 bits per heavy atom. The number of aliphatic hydroxyl groups excluding tert-OH is 1. The van der Waals surface area contributed by atoms with Gasteiger partial charge in [0, 0.05) is 11.0 Å². The molecule has 5 nitrogen and oxygen atoms in total. The fourth-order valence-electron chi connectivity index (χ4n) is 1.42. The van der Waals surface area contributed by atoms with Crippen LogP contribution in [-0.2, 0) is 4.74 Å². The van der Waals surface area contributed by atoms with Gasteiger partial charge < -0.3 is 19.9 Å². The number of carbonyl (C=O) groups excluding carboxylic acids is 1. The Balaban J connectivity index is 3.09. The van der Waals surface area contributed by atoms with Gasteiger partial charge in [0.1, 0.15) is 5.75 Å². The van der Waals surface area contributed by atoms with Gasteiger partial charge in [-0.2, -0.15) is 0 Å². The summed E-state index contributed by atoms with van der Waals surface area (Å²) < 4.78 is 10.5. The van der Waals surface area contributed by atoms with Crippen LogP contribution in [0.25, 0.3) is 0 Å². The van der Waals surface area contributed by atoms with E-state index in [2.05, 4.69) is 21.2 Å². The standard InChI is InChI=1S/C12H15BrClNO4/c1-18-8-3-9(12(17)19-2)11(10(13)4-8)15-6-7(16)5-14/h3-4,7,15-16H,5-6H2,1-2H3. The van der Waals surface area contributed by atoms with E-state index in [0.717, 1.165) is 0 Å². The van der Waals surface area contributed by atoms with Gasteiger partial charge in [0.05, 0.1) is 37.5 Å². The van der Waals surface area contributed by atoms with E-state index < -0.39 is 12.1 Å². The third kappa shape index (κ3) is 4.26. The first-order chi connectivity index (χ1) is 9.03. The highest BCUT2D eigenvalue weighted by Gasteiger charge is 2.17. The largest absolute Gasteiger partial charge is 0.497 e. The first-order valence-corrected chi connectivity index (χ1v) is 6.80. The molecule has 1 aromatic rings. The van der Waals surface area contributed by atoms with E-state index in [1.54, 1.807) is 12.1 Å². The second-order valence-corrected chi connectivity index (χ2v) is 4.88. The Labute approximate surface area is 125 Å². The second kappa shape index (κ2) is 7.57. The van der Waals surface area contributed by atoms with E-state index in [1.165, 1.54) is 14.2 Å². The van der Waals surface area contributed by atoms with Gasteiger partial charge in [-0.3, -0.25) is 0 Å². The number of hydrogen-bond acceptors (Lipinski definition) is 5. The lowest BCUT2D eigenvalue weighted by atomic mass is 10.1. The molecule has 106 valence electrons. The molecule has 0 spiro atoms. The minimum atomic E-state index is -0.707. The lowest BCUT2D eigenvalue weighted by Gasteiger charge is -2.16. The Hall–Kier alpha value is -0.980. The summed E-state index contributed by atoms with van der Waals surface area (Å²) in [4.78, 5) is 11.7. The Bertz CT molecular complexity index is 456. The Kier molecular flexibility index (Phi) is 6.41. The summed E-state index contributed by atoms with van der Waals surface area (Å²) in [5, 5.41) is 12.4. The Morgan fingerprint density at radius 3 is 2.74 bits per heavy atom. The van der Waals surface area contributed by atoms with Crippen molar-refractivity contribution in [2.75, 3.05) is 32.0 Å². The average molecular weight is 353 g/mol. The van der Waals surface area contributed by atoms with Gasteiger partial charge in [0.15, 0.2) is 0 Å². The number of carbonyl (C=O) groups is 1. The highest BCUT2D eigenvalue weighted by atomic mass is 79.9. The van der Waals surface area contributed by atoms with Crippen molar-refractivity contribution in [3.05, 3.63) is 22.2 Å². The van der Waals surface area contributed by atoms with Gasteiger partial charge >= 0.3 is 5.97 Å². The summed E-state index contributed by atoms with van der Waals surface area (Å²) in [5.74, 6) is 0.132. The monoisotopic (exact) mass is 351 g/mol. The molecule has 2 N–H and O–H groups in total. The maximum Gasteiger partial charge on any atom is 0.340 e. The molecule has 1 aromatic carbocycles. The predicted octanol–water partition coefficient (Wildman–Crippen LogP) is 2.26. The average Bonchev–Trinajstić information content (AvgIpc) is 2.43. The quantitative estimate of drug-likeness (QED) is 0.607. The van der Waals surface area contributed by atoms with Crippen LogP contribution >= 0.6 is 27.5 Å². The summed E-state index contributed by atoms with van der Waals surface area (Å²) in [7, 11) is 2.81. The van der Waals surface area contributed by atoms with Crippen molar-refractivity contribution < 1.29 is 19.4 Å². The first kappa shape index (κ1) is 16.1. The topological polar surface area (TPSA) is 67.8 Å². The van der Waals surface area contributed by atoms with Crippen molar-refractivity contribution in [2.24, 2.45) is 0 Å². The summed E-state index contributed by atoms with van der Waals surface area (Å²) in [6, 6.07) is 3.27. The zero-order valence-electron chi connectivity index (χ0n) is 10.6. The molecule has 0 aliphatic heterocycles. The third-order valence-corrected chi connectivity index (χ3v) is 3.38. The minimum Gasteiger partial charge on any atom is -0.497 e. The lowest BCUT2D eigenvalue weighted by molar-refractivity contribution is 0.0601. The van der Waals surface area contributed by atoms with Gasteiger partial charge in [-0.25, -0.2) is 4.79 Å². The number of esters is 1. The number of ether oxygens (including phenoxy) is 2. The number of aliphatic hydroxyl groups is 1. The van der Waals surface area contributed by atoms with Crippen LogP contribution in [0.3, 0.4) is 0 Å². The predicted molar refractivity (Wildman–Crippen MR) is 77.3 cm³/mol. The maximum atomic E-state index is 11.7. The van der Waals surface area contributed by atoms with Crippen LogP contribution in [0.15, 0.2) is 16.6 Å². The molecule has 1 unspecified atom stereocenters. The van der Waals surface area contributed by atoms with Crippen LogP contribution in [0.1, 0.15) is 10.4 Å². The summed E-state index contributed by atoms with van der Waals surface area (Å²) in [5.41, 5.74) is 0.840. The van der Waals surface area contributed by atoms with E-state index in [9.17, 15) is 9.90 Å². The molecule has 19 heavy (non-hydrogen) atoms. The fourth-order valence-corrected chi connectivity index (χ4v) is 2.11. The van der Waals surface area contributed by atoms with Gasteiger partial charge in [0.25, 0.3) is 0 Å². The molecule has 7 heteroatoms. The fraction of sp³-hybridized carbons (Fsp3) is 0.417. The van der Waals surface area contributed by atoms with Crippen molar-refractivity contribution in [3.63, 3.8) is 0 Å². The number of benzene rings is 1. The van der Waals surface area contributed by atoms with Crippen LogP contribution in [0.2, 0.25) is 0 Å². The molecule has 0 saturated carbocycles. The van der Waals surface area contributed by atoms with Gasteiger partial charge in [-0.1, -0.05) is 0 Å². The zero-order valence-corrected chi connectivity index (χ0v) is 12.9. The smallest absolute Gasteiger partial charge is 0.340 e. The number of alkyl halides is 1. The molecular formula is C12H15BrClNO4. The molecule has 1 rings (SSSR count). The van der Waals surface area contributed by atoms with E-state index in [4.69, 9.17) is 21.1 Å².